The maximum Gasteiger partial charge on any atom is 0.266 e. The van der Waals surface area contributed by atoms with Crippen molar-refractivity contribution in [1.29, 1.82) is 5.26 Å². The molecule has 2 aromatic rings. The van der Waals surface area contributed by atoms with Crippen LogP contribution < -0.4 is 20.8 Å². The van der Waals surface area contributed by atoms with Crippen molar-refractivity contribution in [1.82, 2.24) is 4.98 Å². The Labute approximate surface area is 146 Å². The van der Waals surface area contributed by atoms with Gasteiger partial charge < -0.3 is 20.2 Å². The zero-order chi connectivity index (χ0) is 17.9. The Hall–Kier alpha value is -2.79. The van der Waals surface area contributed by atoms with E-state index in [0.29, 0.717) is 32.8 Å². The third-order valence-corrected chi connectivity index (χ3v) is 3.77. The van der Waals surface area contributed by atoms with Crippen LogP contribution >= 0.6 is 15.9 Å². The van der Waals surface area contributed by atoms with E-state index < -0.39 is 11.5 Å². The highest BCUT2D eigenvalue weighted by Crippen LogP contribution is 2.40. The lowest BCUT2D eigenvalue weighted by Gasteiger charge is -2.14. The van der Waals surface area contributed by atoms with Gasteiger partial charge in [-0.2, -0.15) is 5.26 Å². The Morgan fingerprint density at radius 1 is 1.42 bits per heavy atom. The standard InChI is InChI=1S/C16H14BrN3O4/c1-8-3-10(11(6-18)16(22)20-8)9-4-12(17)15(13(5-9)23-2)24-7-14(19)21/h3-5H,7H2,1-2H3,(H2,19,21)(H,20,22). The van der Waals surface area contributed by atoms with Crippen LogP contribution in [0.25, 0.3) is 11.1 Å². The first-order valence-electron chi connectivity index (χ1n) is 6.80. The molecule has 0 spiro atoms. The smallest absolute Gasteiger partial charge is 0.266 e. The molecule has 3 N–H and O–H groups in total. The maximum absolute atomic E-state index is 12.0. The van der Waals surface area contributed by atoms with Crippen LogP contribution in [0.2, 0.25) is 0 Å². The lowest BCUT2D eigenvalue weighted by molar-refractivity contribution is -0.119. The second kappa shape index (κ2) is 7.19. The molecule has 0 radical (unpaired) electrons. The summed E-state index contributed by atoms with van der Waals surface area (Å²) < 4.78 is 11.1. The molecule has 0 saturated heterocycles. The minimum Gasteiger partial charge on any atom is -0.493 e. The summed E-state index contributed by atoms with van der Waals surface area (Å²) >= 11 is 3.34. The normalized spacial score (nSPS) is 10.1. The van der Waals surface area contributed by atoms with Crippen LogP contribution in [0.4, 0.5) is 0 Å². The maximum atomic E-state index is 12.0. The van der Waals surface area contributed by atoms with Gasteiger partial charge in [0.1, 0.15) is 11.6 Å². The molecule has 2 rings (SSSR count). The van der Waals surface area contributed by atoms with Crippen LogP contribution in [0.3, 0.4) is 0 Å². The molecule has 0 fully saturated rings. The molecule has 0 aliphatic carbocycles. The van der Waals surface area contributed by atoms with Crippen molar-refractivity contribution in [2.75, 3.05) is 13.7 Å². The minimum atomic E-state index is -0.620. The molecule has 0 saturated carbocycles. The van der Waals surface area contributed by atoms with Gasteiger partial charge in [0.25, 0.3) is 11.5 Å². The van der Waals surface area contributed by atoms with Crippen LogP contribution in [0.1, 0.15) is 11.3 Å². The van der Waals surface area contributed by atoms with Crippen LogP contribution in [0.5, 0.6) is 11.5 Å². The van der Waals surface area contributed by atoms with Crippen molar-refractivity contribution >= 4 is 21.8 Å². The second-order valence-electron chi connectivity index (χ2n) is 4.93. The van der Waals surface area contributed by atoms with Gasteiger partial charge in [-0.05, 0) is 46.6 Å². The number of nitriles is 1. The molecule has 1 heterocycles. The molecule has 7 nitrogen and oxygen atoms in total. The van der Waals surface area contributed by atoms with Gasteiger partial charge in [-0.25, -0.2) is 0 Å². The van der Waals surface area contributed by atoms with E-state index in [-0.39, 0.29) is 12.2 Å². The van der Waals surface area contributed by atoms with Crippen LogP contribution in [-0.2, 0) is 4.79 Å². The van der Waals surface area contributed by atoms with Gasteiger partial charge in [0.2, 0.25) is 0 Å². The van der Waals surface area contributed by atoms with E-state index in [1.54, 1.807) is 25.1 Å². The SMILES string of the molecule is COc1cc(-c2cc(C)[nH]c(=O)c2C#N)cc(Br)c1OCC(N)=O. The summed E-state index contributed by atoms with van der Waals surface area (Å²) in [5.74, 6) is 0.0209. The van der Waals surface area contributed by atoms with Crippen molar-refractivity contribution in [3.05, 3.63) is 44.3 Å². The first-order chi connectivity index (χ1) is 11.4. The monoisotopic (exact) mass is 391 g/mol. The van der Waals surface area contributed by atoms with Gasteiger partial charge in [0, 0.05) is 11.3 Å². The van der Waals surface area contributed by atoms with Gasteiger partial charge in [-0.1, -0.05) is 0 Å². The molecule has 1 aromatic heterocycles. The predicted molar refractivity (Wildman–Crippen MR) is 90.9 cm³/mol. The fourth-order valence-corrected chi connectivity index (χ4v) is 2.74. The number of ether oxygens (including phenoxy) is 2. The zero-order valence-corrected chi connectivity index (χ0v) is 14.6. The molecule has 1 aromatic carbocycles. The Morgan fingerprint density at radius 2 is 2.12 bits per heavy atom. The summed E-state index contributed by atoms with van der Waals surface area (Å²) in [6.07, 6.45) is 0. The number of hydrogen-bond donors (Lipinski definition) is 2. The number of aromatic amines is 1. The van der Waals surface area contributed by atoms with Crippen molar-refractivity contribution < 1.29 is 14.3 Å². The van der Waals surface area contributed by atoms with E-state index in [2.05, 4.69) is 20.9 Å². The van der Waals surface area contributed by atoms with Gasteiger partial charge in [0.05, 0.1) is 11.6 Å². The van der Waals surface area contributed by atoms with Gasteiger partial charge >= 0.3 is 0 Å². The average molecular weight is 392 g/mol. The summed E-state index contributed by atoms with van der Waals surface area (Å²) in [4.78, 5) is 25.4. The first-order valence-corrected chi connectivity index (χ1v) is 7.59. The van der Waals surface area contributed by atoms with Crippen LogP contribution in [0.15, 0.2) is 27.5 Å². The van der Waals surface area contributed by atoms with E-state index in [0.717, 1.165) is 0 Å². The highest BCUT2D eigenvalue weighted by molar-refractivity contribution is 9.10. The average Bonchev–Trinajstić information content (AvgIpc) is 2.52. The lowest BCUT2D eigenvalue weighted by atomic mass is 10.0. The number of aryl methyl sites for hydroxylation is 1. The number of methoxy groups -OCH3 is 1. The summed E-state index contributed by atoms with van der Waals surface area (Å²) in [6, 6.07) is 6.90. The second-order valence-corrected chi connectivity index (χ2v) is 5.78. The number of pyridine rings is 1. The van der Waals surface area contributed by atoms with Gasteiger partial charge in [-0.3, -0.25) is 9.59 Å². The number of nitrogens with zero attached hydrogens (tertiary/aromatic N) is 1. The molecule has 0 unspecified atom stereocenters. The molecule has 0 aliphatic rings. The number of nitrogens with one attached hydrogen (secondary N) is 1. The Kier molecular flexibility index (Phi) is 5.26. The number of halogens is 1. The number of nitrogens with two attached hydrogens (primary N) is 1. The first kappa shape index (κ1) is 17.6. The van der Waals surface area contributed by atoms with E-state index in [1.165, 1.54) is 7.11 Å². The van der Waals surface area contributed by atoms with Crippen LogP contribution in [-0.4, -0.2) is 24.6 Å². The van der Waals surface area contributed by atoms with Gasteiger partial charge in [-0.15, -0.1) is 0 Å². The van der Waals surface area contributed by atoms with E-state index >= 15 is 0 Å². The Balaban J connectivity index is 2.62. The molecule has 0 aliphatic heterocycles. The third kappa shape index (κ3) is 3.58. The largest absolute Gasteiger partial charge is 0.493 e. The fourth-order valence-electron chi connectivity index (χ4n) is 2.19. The number of benzene rings is 1. The number of hydrogen-bond acceptors (Lipinski definition) is 5. The minimum absolute atomic E-state index is 0.000331. The van der Waals surface area contributed by atoms with Crippen molar-refractivity contribution in [3.8, 4) is 28.7 Å². The van der Waals surface area contributed by atoms with Crippen molar-refractivity contribution in [2.24, 2.45) is 5.73 Å². The van der Waals surface area contributed by atoms with Gasteiger partial charge in [0.15, 0.2) is 18.1 Å². The number of carbonyl (C=O) groups excluding carboxylic acids is 1. The van der Waals surface area contributed by atoms with Crippen molar-refractivity contribution in [2.45, 2.75) is 6.92 Å². The lowest BCUT2D eigenvalue weighted by Crippen LogP contribution is -2.20. The molecular weight excluding hydrogens is 378 g/mol. The highest BCUT2D eigenvalue weighted by atomic mass is 79.9. The van der Waals surface area contributed by atoms with Crippen molar-refractivity contribution in [3.63, 3.8) is 0 Å². The number of H-pyrrole nitrogens is 1. The highest BCUT2D eigenvalue weighted by Gasteiger charge is 2.17. The zero-order valence-electron chi connectivity index (χ0n) is 13.0. The number of aromatic nitrogens is 1. The topological polar surface area (TPSA) is 118 Å². The summed E-state index contributed by atoms with van der Waals surface area (Å²) in [5, 5.41) is 9.26. The fraction of sp³-hybridized carbons (Fsp3) is 0.188. The number of primary amides is 1. The summed E-state index contributed by atoms with van der Waals surface area (Å²) in [5.41, 5.74) is 6.31. The molecule has 0 atom stereocenters. The Bertz CT molecular complexity index is 899. The number of rotatable bonds is 5. The van der Waals surface area contributed by atoms with E-state index in [1.807, 2.05) is 6.07 Å². The van der Waals surface area contributed by atoms with Crippen LogP contribution in [0, 0.1) is 18.3 Å². The molecule has 1 amide bonds. The molecule has 124 valence electrons. The Morgan fingerprint density at radius 3 is 2.71 bits per heavy atom. The summed E-state index contributed by atoms with van der Waals surface area (Å²) in [6.45, 7) is 1.42. The molecule has 24 heavy (non-hydrogen) atoms. The quantitative estimate of drug-likeness (QED) is 0.805. The number of amides is 1. The predicted octanol–water partition coefficient (Wildman–Crippen LogP) is 1.86. The molecule has 0 bridgehead atoms. The van der Waals surface area contributed by atoms with E-state index in [4.69, 9.17) is 15.2 Å². The summed E-state index contributed by atoms with van der Waals surface area (Å²) in [7, 11) is 1.44. The molecular formula is C16H14BrN3O4. The third-order valence-electron chi connectivity index (χ3n) is 3.18. The van der Waals surface area contributed by atoms with E-state index in [9.17, 15) is 14.9 Å². The number of carbonyl (C=O) groups is 1. The molecule has 8 heteroatoms.